The van der Waals surface area contributed by atoms with E-state index in [9.17, 15) is 0 Å². The lowest BCUT2D eigenvalue weighted by molar-refractivity contribution is 0.623. The van der Waals surface area contributed by atoms with Crippen LogP contribution in [-0.2, 0) is 6.42 Å². The Morgan fingerprint density at radius 3 is 2.82 bits per heavy atom. The molecular formula is C10H11Br. The molecule has 1 aromatic carbocycles. The van der Waals surface area contributed by atoms with Crippen molar-refractivity contribution < 1.29 is 0 Å². The molecule has 0 radical (unpaired) electrons. The van der Waals surface area contributed by atoms with Gasteiger partial charge in [-0.05, 0) is 23.5 Å². The van der Waals surface area contributed by atoms with Crippen LogP contribution in [0.1, 0.15) is 22.9 Å². The third-order valence-electron chi connectivity index (χ3n) is 2.39. The average Bonchev–Trinajstić information content (AvgIpc) is 2.30. The number of hydrogen-bond donors (Lipinski definition) is 0. The van der Waals surface area contributed by atoms with Crippen LogP contribution in [0.5, 0.6) is 0 Å². The van der Waals surface area contributed by atoms with Crippen LogP contribution >= 0.6 is 15.9 Å². The minimum Gasteiger partial charge on any atom is -0.0836 e. The van der Waals surface area contributed by atoms with E-state index in [0.717, 1.165) is 5.92 Å². The first-order valence-corrected chi connectivity index (χ1v) is 4.92. The highest BCUT2D eigenvalue weighted by Crippen LogP contribution is 2.41. The molecule has 11 heavy (non-hydrogen) atoms. The second kappa shape index (κ2) is 2.63. The van der Waals surface area contributed by atoms with Gasteiger partial charge in [0.05, 0.1) is 0 Å². The summed E-state index contributed by atoms with van der Waals surface area (Å²) in [6.45, 7) is 2.29. The number of halogens is 1. The standard InChI is InChI=1S/C10H11Br/c1-7-6-8-4-2-3-5-9(8)10(7)11/h2-5,7,10H,6H2,1H3. The second-order valence-electron chi connectivity index (χ2n) is 3.28. The topological polar surface area (TPSA) is 0 Å². The number of fused-ring (bicyclic) bond motifs is 1. The van der Waals surface area contributed by atoms with Crippen molar-refractivity contribution in [2.24, 2.45) is 5.92 Å². The van der Waals surface area contributed by atoms with Crippen molar-refractivity contribution in [1.29, 1.82) is 0 Å². The van der Waals surface area contributed by atoms with Crippen LogP contribution in [0.4, 0.5) is 0 Å². The van der Waals surface area contributed by atoms with E-state index in [4.69, 9.17) is 0 Å². The van der Waals surface area contributed by atoms with E-state index in [-0.39, 0.29) is 0 Å². The van der Waals surface area contributed by atoms with Gasteiger partial charge in [0.2, 0.25) is 0 Å². The highest BCUT2D eigenvalue weighted by atomic mass is 79.9. The molecular weight excluding hydrogens is 200 g/mol. The molecule has 1 aliphatic rings. The zero-order valence-electron chi connectivity index (χ0n) is 6.55. The molecule has 2 atom stereocenters. The van der Waals surface area contributed by atoms with E-state index in [0.29, 0.717) is 4.83 Å². The van der Waals surface area contributed by atoms with Crippen LogP contribution in [0, 0.1) is 5.92 Å². The largest absolute Gasteiger partial charge is 0.0836 e. The van der Waals surface area contributed by atoms with Gasteiger partial charge in [-0.3, -0.25) is 0 Å². The Labute approximate surface area is 75.8 Å². The van der Waals surface area contributed by atoms with E-state index in [1.165, 1.54) is 17.5 Å². The Balaban J connectivity index is 2.47. The monoisotopic (exact) mass is 210 g/mol. The van der Waals surface area contributed by atoms with E-state index in [1.807, 2.05) is 0 Å². The Kier molecular flexibility index (Phi) is 1.76. The van der Waals surface area contributed by atoms with Gasteiger partial charge in [-0.25, -0.2) is 0 Å². The summed E-state index contributed by atoms with van der Waals surface area (Å²) in [5, 5.41) is 0. The number of alkyl halides is 1. The molecule has 0 saturated heterocycles. The summed E-state index contributed by atoms with van der Waals surface area (Å²) in [5.74, 6) is 0.757. The van der Waals surface area contributed by atoms with Crippen molar-refractivity contribution in [2.45, 2.75) is 18.2 Å². The maximum Gasteiger partial charge on any atom is 0.0426 e. The molecule has 1 aliphatic carbocycles. The summed E-state index contributed by atoms with van der Waals surface area (Å²) in [4.78, 5) is 0.582. The predicted octanol–water partition coefficient (Wildman–Crippen LogP) is 3.31. The summed E-state index contributed by atoms with van der Waals surface area (Å²) in [7, 11) is 0. The van der Waals surface area contributed by atoms with Crippen molar-refractivity contribution in [2.75, 3.05) is 0 Å². The first kappa shape index (κ1) is 7.35. The molecule has 0 N–H and O–H groups in total. The molecule has 58 valence electrons. The summed E-state index contributed by atoms with van der Waals surface area (Å²) >= 11 is 3.70. The molecule has 0 aromatic heterocycles. The Morgan fingerprint density at radius 2 is 2.09 bits per heavy atom. The van der Waals surface area contributed by atoms with Crippen molar-refractivity contribution in [3.05, 3.63) is 35.4 Å². The van der Waals surface area contributed by atoms with E-state index < -0.39 is 0 Å². The lowest BCUT2D eigenvalue weighted by atomic mass is 10.1. The second-order valence-corrected chi connectivity index (χ2v) is 4.27. The van der Waals surface area contributed by atoms with Crippen LogP contribution < -0.4 is 0 Å². The van der Waals surface area contributed by atoms with Gasteiger partial charge in [-0.2, -0.15) is 0 Å². The van der Waals surface area contributed by atoms with Crippen LogP contribution in [0.15, 0.2) is 24.3 Å². The van der Waals surface area contributed by atoms with E-state index in [1.54, 1.807) is 0 Å². The molecule has 0 amide bonds. The van der Waals surface area contributed by atoms with Gasteiger partial charge in [-0.15, -0.1) is 0 Å². The molecule has 1 aromatic rings. The van der Waals surface area contributed by atoms with Crippen LogP contribution in [0.3, 0.4) is 0 Å². The molecule has 0 spiro atoms. The molecule has 0 saturated carbocycles. The predicted molar refractivity (Wildman–Crippen MR) is 51.0 cm³/mol. The molecule has 0 fully saturated rings. The van der Waals surface area contributed by atoms with E-state index in [2.05, 4.69) is 47.1 Å². The fraction of sp³-hybridized carbons (Fsp3) is 0.400. The Morgan fingerprint density at radius 1 is 1.36 bits per heavy atom. The van der Waals surface area contributed by atoms with Crippen molar-refractivity contribution in [1.82, 2.24) is 0 Å². The lowest BCUT2D eigenvalue weighted by Gasteiger charge is -2.06. The minimum absolute atomic E-state index is 0.582. The minimum atomic E-state index is 0.582. The number of rotatable bonds is 0. The summed E-state index contributed by atoms with van der Waals surface area (Å²) in [5.41, 5.74) is 3.00. The van der Waals surface area contributed by atoms with Gasteiger partial charge in [0, 0.05) is 4.83 Å². The molecule has 0 bridgehead atoms. The van der Waals surface area contributed by atoms with Gasteiger partial charge in [0.1, 0.15) is 0 Å². The van der Waals surface area contributed by atoms with E-state index >= 15 is 0 Å². The van der Waals surface area contributed by atoms with Crippen LogP contribution in [0.25, 0.3) is 0 Å². The summed E-state index contributed by atoms with van der Waals surface area (Å²) < 4.78 is 0. The molecule has 2 unspecified atom stereocenters. The third kappa shape index (κ3) is 1.12. The molecule has 1 heteroatoms. The SMILES string of the molecule is CC1Cc2ccccc2C1Br. The van der Waals surface area contributed by atoms with Crippen molar-refractivity contribution >= 4 is 15.9 Å². The lowest BCUT2D eigenvalue weighted by Crippen LogP contribution is -1.93. The van der Waals surface area contributed by atoms with Gasteiger partial charge in [0.15, 0.2) is 0 Å². The van der Waals surface area contributed by atoms with Gasteiger partial charge < -0.3 is 0 Å². The summed E-state index contributed by atoms with van der Waals surface area (Å²) in [6.07, 6.45) is 1.23. The first-order chi connectivity index (χ1) is 5.29. The fourth-order valence-electron chi connectivity index (χ4n) is 1.75. The molecule has 0 nitrogen and oxygen atoms in total. The number of benzene rings is 1. The fourth-order valence-corrected chi connectivity index (χ4v) is 2.38. The molecule has 0 aliphatic heterocycles. The van der Waals surface area contributed by atoms with Crippen LogP contribution in [-0.4, -0.2) is 0 Å². The Hall–Kier alpha value is -0.300. The first-order valence-electron chi connectivity index (χ1n) is 4.01. The van der Waals surface area contributed by atoms with Crippen molar-refractivity contribution in [3.63, 3.8) is 0 Å². The quantitative estimate of drug-likeness (QED) is 0.577. The summed E-state index contributed by atoms with van der Waals surface area (Å²) in [6, 6.07) is 8.69. The third-order valence-corrected chi connectivity index (χ3v) is 3.79. The van der Waals surface area contributed by atoms with Gasteiger partial charge >= 0.3 is 0 Å². The normalized spacial score (nSPS) is 28.5. The maximum absolute atomic E-state index is 3.70. The van der Waals surface area contributed by atoms with Crippen molar-refractivity contribution in [3.8, 4) is 0 Å². The van der Waals surface area contributed by atoms with Crippen LogP contribution in [0.2, 0.25) is 0 Å². The van der Waals surface area contributed by atoms with Gasteiger partial charge in [0.25, 0.3) is 0 Å². The average molecular weight is 211 g/mol. The van der Waals surface area contributed by atoms with Gasteiger partial charge in [-0.1, -0.05) is 47.1 Å². The maximum atomic E-state index is 3.70. The molecule has 2 rings (SSSR count). The molecule has 0 heterocycles. The Bertz CT molecular complexity index is 267. The highest BCUT2D eigenvalue weighted by Gasteiger charge is 2.25. The smallest absolute Gasteiger partial charge is 0.0426 e. The zero-order valence-corrected chi connectivity index (χ0v) is 8.14. The zero-order chi connectivity index (χ0) is 7.84. The number of hydrogen-bond acceptors (Lipinski definition) is 0. The highest BCUT2D eigenvalue weighted by molar-refractivity contribution is 9.09.